The number of methoxy groups -OCH3 is 1. The van der Waals surface area contributed by atoms with Crippen molar-refractivity contribution in [2.45, 2.75) is 0 Å². The Balaban J connectivity index is 2.25. The van der Waals surface area contributed by atoms with Crippen molar-refractivity contribution in [1.29, 1.82) is 0 Å². The maximum Gasteiger partial charge on any atom is 0.185 e. The second kappa shape index (κ2) is 8.20. The van der Waals surface area contributed by atoms with Crippen molar-refractivity contribution in [3.05, 3.63) is 77.3 Å². The van der Waals surface area contributed by atoms with E-state index in [0.29, 0.717) is 28.7 Å². The first-order valence-corrected chi connectivity index (χ1v) is 7.42. The molecular weight excluding hydrogens is 312 g/mol. The third-order valence-electron chi connectivity index (χ3n) is 3.12. The Morgan fingerprint density at radius 2 is 1.96 bits per heavy atom. The molecule has 0 unspecified atom stereocenters. The Hall–Kier alpha value is -2.52. The van der Waals surface area contributed by atoms with Crippen molar-refractivity contribution in [2.24, 2.45) is 0 Å². The molecule has 4 heteroatoms. The molecule has 118 valence electrons. The third-order valence-corrected chi connectivity index (χ3v) is 3.37. The molecule has 0 fully saturated rings. The zero-order chi connectivity index (χ0) is 16.7. The van der Waals surface area contributed by atoms with E-state index >= 15 is 0 Å². The molecule has 0 aromatic heterocycles. The number of hydrogen-bond donors (Lipinski definition) is 0. The molecule has 0 aliphatic rings. The van der Waals surface area contributed by atoms with Gasteiger partial charge < -0.3 is 9.47 Å². The maximum absolute atomic E-state index is 12.2. The number of rotatable bonds is 7. The van der Waals surface area contributed by atoms with Crippen LogP contribution in [0, 0.1) is 0 Å². The summed E-state index contributed by atoms with van der Waals surface area (Å²) < 4.78 is 10.9. The molecule has 0 bridgehead atoms. The summed E-state index contributed by atoms with van der Waals surface area (Å²) in [6.07, 6.45) is 4.86. The minimum absolute atomic E-state index is 0.112. The van der Waals surface area contributed by atoms with Gasteiger partial charge in [0, 0.05) is 16.1 Å². The Kier molecular flexibility index (Phi) is 6.01. The van der Waals surface area contributed by atoms with Crippen molar-refractivity contribution in [2.75, 3.05) is 13.7 Å². The number of halogens is 1. The summed E-state index contributed by atoms with van der Waals surface area (Å²) in [4.78, 5) is 12.2. The van der Waals surface area contributed by atoms with E-state index in [4.69, 9.17) is 21.1 Å². The van der Waals surface area contributed by atoms with Gasteiger partial charge in [-0.2, -0.15) is 0 Å². The van der Waals surface area contributed by atoms with Crippen molar-refractivity contribution in [1.82, 2.24) is 0 Å². The van der Waals surface area contributed by atoms with E-state index in [-0.39, 0.29) is 5.78 Å². The van der Waals surface area contributed by atoms with Crippen LogP contribution in [0.3, 0.4) is 0 Å². The van der Waals surface area contributed by atoms with Crippen LogP contribution in [0.25, 0.3) is 6.08 Å². The van der Waals surface area contributed by atoms with E-state index in [2.05, 4.69) is 6.58 Å². The number of allylic oxidation sites excluding steroid dienone is 1. The zero-order valence-electron chi connectivity index (χ0n) is 12.8. The molecule has 0 N–H and O–H groups in total. The van der Waals surface area contributed by atoms with Gasteiger partial charge in [-0.05, 0) is 42.5 Å². The Morgan fingerprint density at radius 1 is 1.22 bits per heavy atom. The second-order valence-corrected chi connectivity index (χ2v) is 5.12. The first kappa shape index (κ1) is 16.8. The summed E-state index contributed by atoms with van der Waals surface area (Å²) in [7, 11) is 1.57. The minimum atomic E-state index is -0.112. The lowest BCUT2D eigenvalue weighted by Gasteiger charge is -2.11. The smallest absolute Gasteiger partial charge is 0.185 e. The predicted octanol–water partition coefficient (Wildman–Crippen LogP) is 4.81. The first-order valence-electron chi connectivity index (χ1n) is 7.04. The van der Waals surface area contributed by atoms with Crippen molar-refractivity contribution in [3.8, 4) is 11.5 Å². The first-order chi connectivity index (χ1) is 11.2. The van der Waals surface area contributed by atoms with Crippen molar-refractivity contribution >= 4 is 23.5 Å². The van der Waals surface area contributed by atoms with E-state index in [1.165, 1.54) is 6.08 Å². The molecule has 2 aromatic rings. The lowest BCUT2D eigenvalue weighted by atomic mass is 10.1. The average molecular weight is 329 g/mol. The third kappa shape index (κ3) is 4.47. The van der Waals surface area contributed by atoms with Crippen LogP contribution in [-0.4, -0.2) is 19.5 Å². The van der Waals surface area contributed by atoms with Crippen LogP contribution in [0.1, 0.15) is 15.9 Å². The standard InChI is InChI=1S/C19H17ClO3/c1-3-13-23-19-15(5-4-6-18(19)22-2)9-12-17(21)14-7-10-16(20)11-8-14/h3-12H,1,13H2,2H3/b12-9+. The lowest BCUT2D eigenvalue weighted by Crippen LogP contribution is -1.99. The van der Waals surface area contributed by atoms with Crippen LogP contribution >= 0.6 is 11.6 Å². The highest BCUT2D eigenvalue weighted by Gasteiger charge is 2.09. The van der Waals surface area contributed by atoms with Crippen LogP contribution in [0.5, 0.6) is 11.5 Å². The van der Waals surface area contributed by atoms with Crippen LogP contribution in [0.4, 0.5) is 0 Å². The SMILES string of the molecule is C=CCOc1c(/C=C/C(=O)c2ccc(Cl)cc2)cccc1OC. The molecule has 0 heterocycles. The number of carbonyl (C=O) groups is 1. The van der Waals surface area contributed by atoms with Gasteiger partial charge in [0.25, 0.3) is 0 Å². The summed E-state index contributed by atoms with van der Waals surface area (Å²) in [5.74, 6) is 1.07. The van der Waals surface area contributed by atoms with Crippen molar-refractivity contribution < 1.29 is 14.3 Å². The monoisotopic (exact) mass is 328 g/mol. The summed E-state index contributed by atoms with van der Waals surface area (Å²) >= 11 is 5.82. The van der Waals surface area contributed by atoms with E-state index in [0.717, 1.165) is 5.56 Å². The average Bonchev–Trinajstić information content (AvgIpc) is 2.58. The molecule has 23 heavy (non-hydrogen) atoms. The van der Waals surface area contributed by atoms with Gasteiger partial charge in [0.1, 0.15) is 6.61 Å². The molecule has 0 aliphatic carbocycles. The molecule has 0 saturated heterocycles. The fraction of sp³-hybridized carbons (Fsp3) is 0.105. The summed E-state index contributed by atoms with van der Waals surface area (Å²) in [5, 5.41) is 0.596. The summed E-state index contributed by atoms with van der Waals surface area (Å²) in [6.45, 7) is 3.99. The highest BCUT2D eigenvalue weighted by atomic mass is 35.5. The van der Waals surface area contributed by atoms with E-state index in [1.807, 2.05) is 12.1 Å². The number of ether oxygens (including phenoxy) is 2. The molecule has 0 amide bonds. The quantitative estimate of drug-likeness (QED) is 0.415. The van der Waals surface area contributed by atoms with E-state index < -0.39 is 0 Å². The topological polar surface area (TPSA) is 35.5 Å². The Morgan fingerprint density at radius 3 is 2.61 bits per heavy atom. The van der Waals surface area contributed by atoms with Crippen LogP contribution in [0.15, 0.2) is 61.2 Å². The Bertz CT molecular complexity index is 718. The normalized spacial score (nSPS) is 10.5. The van der Waals surface area contributed by atoms with E-state index in [9.17, 15) is 4.79 Å². The van der Waals surface area contributed by atoms with Gasteiger partial charge in [0.2, 0.25) is 0 Å². The molecule has 0 saturated carbocycles. The fourth-order valence-corrected chi connectivity index (χ4v) is 2.12. The summed E-state index contributed by atoms with van der Waals surface area (Å²) in [6, 6.07) is 12.3. The zero-order valence-corrected chi connectivity index (χ0v) is 13.5. The largest absolute Gasteiger partial charge is 0.493 e. The van der Waals surface area contributed by atoms with Gasteiger partial charge in [0.05, 0.1) is 7.11 Å². The van der Waals surface area contributed by atoms with Crippen LogP contribution < -0.4 is 9.47 Å². The number of ketones is 1. The Labute approximate surface area is 140 Å². The molecule has 0 radical (unpaired) electrons. The predicted molar refractivity (Wildman–Crippen MR) is 93.5 cm³/mol. The van der Waals surface area contributed by atoms with Gasteiger partial charge in [-0.1, -0.05) is 36.4 Å². The molecule has 2 rings (SSSR count). The van der Waals surface area contributed by atoms with Crippen LogP contribution in [0.2, 0.25) is 5.02 Å². The highest BCUT2D eigenvalue weighted by Crippen LogP contribution is 2.32. The molecule has 3 nitrogen and oxygen atoms in total. The molecule has 0 spiro atoms. The molecular formula is C19H17ClO3. The van der Waals surface area contributed by atoms with Gasteiger partial charge in [-0.3, -0.25) is 4.79 Å². The number of para-hydroxylation sites is 1. The van der Waals surface area contributed by atoms with Gasteiger partial charge >= 0.3 is 0 Å². The number of carbonyl (C=O) groups excluding carboxylic acids is 1. The lowest BCUT2D eigenvalue weighted by molar-refractivity contribution is 0.104. The van der Waals surface area contributed by atoms with Crippen molar-refractivity contribution in [3.63, 3.8) is 0 Å². The fourth-order valence-electron chi connectivity index (χ4n) is 2.00. The molecule has 0 atom stereocenters. The van der Waals surface area contributed by atoms with E-state index in [1.54, 1.807) is 49.6 Å². The maximum atomic E-state index is 12.2. The number of benzene rings is 2. The van der Waals surface area contributed by atoms with Gasteiger partial charge in [0.15, 0.2) is 17.3 Å². The minimum Gasteiger partial charge on any atom is -0.493 e. The molecule has 0 aliphatic heterocycles. The highest BCUT2D eigenvalue weighted by molar-refractivity contribution is 6.30. The molecule has 2 aromatic carbocycles. The second-order valence-electron chi connectivity index (χ2n) is 4.68. The van der Waals surface area contributed by atoms with Crippen LogP contribution in [-0.2, 0) is 0 Å². The summed E-state index contributed by atoms with van der Waals surface area (Å²) in [5.41, 5.74) is 1.33. The van der Waals surface area contributed by atoms with Gasteiger partial charge in [-0.25, -0.2) is 0 Å². The number of hydrogen-bond acceptors (Lipinski definition) is 3. The van der Waals surface area contributed by atoms with Gasteiger partial charge in [-0.15, -0.1) is 0 Å².